The zero-order valence-corrected chi connectivity index (χ0v) is 22.8. The summed E-state index contributed by atoms with van der Waals surface area (Å²) in [4.78, 5) is 28.0. The van der Waals surface area contributed by atoms with Crippen LogP contribution in [0.3, 0.4) is 0 Å². The Morgan fingerprint density at radius 1 is 0.946 bits per heavy atom. The molecular formula is C28H32ClN3O4S. The van der Waals surface area contributed by atoms with Crippen molar-refractivity contribution in [2.75, 3.05) is 17.4 Å². The van der Waals surface area contributed by atoms with Crippen LogP contribution in [-0.2, 0) is 26.2 Å². The van der Waals surface area contributed by atoms with Gasteiger partial charge in [0.25, 0.3) is 10.0 Å². The van der Waals surface area contributed by atoms with Crippen LogP contribution < -0.4 is 9.62 Å². The van der Waals surface area contributed by atoms with Crippen molar-refractivity contribution >= 4 is 39.1 Å². The molecule has 0 saturated carbocycles. The van der Waals surface area contributed by atoms with E-state index in [-0.39, 0.29) is 17.3 Å². The van der Waals surface area contributed by atoms with E-state index in [1.165, 1.54) is 29.2 Å². The van der Waals surface area contributed by atoms with Gasteiger partial charge < -0.3 is 10.2 Å². The average Bonchev–Trinajstić information content (AvgIpc) is 2.90. The van der Waals surface area contributed by atoms with E-state index in [9.17, 15) is 18.0 Å². The zero-order chi connectivity index (χ0) is 27.0. The number of sulfonamides is 1. The number of para-hydroxylation sites is 1. The van der Waals surface area contributed by atoms with Crippen molar-refractivity contribution in [1.82, 2.24) is 10.2 Å². The van der Waals surface area contributed by atoms with E-state index in [0.717, 1.165) is 21.9 Å². The Hall–Kier alpha value is -3.36. The third-order valence-corrected chi connectivity index (χ3v) is 7.95. The number of anilines is 1. The van der Waals surface area contributed by atoms with E-state index in [1.54, 1.807) is 37.3 Å². The highest BCUT2D eigenvalue weighted by atomic mass is 35.5. The van der Waals surface area contributed by atoms with Gasteiger partial charge in [0.2, 0.25) is 11.8 Å². The molecule has 0 spiro atoms. The van der Waals surface area contributed by atoms with Crippen molar-refractivity contribution in [3.05, 3.63) is 95.0 Å². The van der Waals surface area contributed by atoms with Gasteiger partial charge in [0.1, 0.15) is 12.6 Å². The van der Waals surface area contributed by atoms with E-state index in [0.29, 0.717) is 17.3 Å². The lowest BCUT2D eigenvalue weighted by atomic mass is 10.1. The van der Waals surface area contributed by atoms with Crippen LogP contribution in [-0.4, -0.2) is 44.3 Å². The first kappa shape index (κ1) is 28.2. The fraction of sp³-hybridized carbons (Fsp3) is 0.286. The van der Waals surface area contributed by atoms with Crippen molar-refractivity contribution in [3.63, 3.8) is 0 Å². The van der Waals surface area contributed by atoms with Crippen molar-refractivity contribution in [1.29, 1.82) is 0 Å². The van der Waals surface area contributed by atoms with E-state index in [1.807, 2.05) is 38.1 Å². The molecule has 1 atom stereocenters. The number of hydrogen-bond donors (Lipinski definition) is 1. The molecule has 0 aromatic heterocycles. The number of benzene rings is 3. The summed E-state index contributed by atoms with van der Waals surface area (Å²) in [6.07, 6.45) is 0.755. The Kier molecular flexibility index (Phi) is 9.72. The van der Waals surface area contributed by atoms with Gasteiger partial charge in [-0.1, -0.05) is 66.6 Å². The highest BCUT2D eigenvalue weighted by Gasteiger charge is 2.32. The van der Waals surface area contributed by atoms with Gasteiger partial charge in [0.05, 0.1) is 10.6 Å². The summed E-state index contributed by atoms with van der Waals surface area (Å²) in [6.45, 7) is 5.72. The molecule has 0 aliphatic carbocycles. The molecule has 2 amide bonds. The Labute approximate surface area is 224 Å². The molecule has 1 unspecified atom stereocenters. The minimum Gasteiger partial charge on any atom is -0.354 e. The maximum absolute atomic E-state index is 13.8. The molecule has 0 fully saturated rings. The molecule has 7 nitrogen and oxygen atoms in total. The Balaban J connectivity index is 1.98. The quantitative estimate of drug-likeness (QED) is 0.378. The third kappa shape index (κ3) is 7.33. The van der Waals surface area contributed by atoms with Crippen LogP contribution in [0, 0.1) is 6.92 Å². The summed E-state index contributed by atoms with van der Waals surface area (Å²) in [7, 11) is -4.11. The number of hydrogen-bond acceptors (Lipinski definition) is 4. The second-order valence-electron chi connectivity index (χ2n) is 8.78. The molecule has 3 rings (SSSR count). The second kappa shape index (κ2) is 12.7. The molecular weight excluding hydrogens is 510 g/mol. The molecule has 0 heterocycles. The monoisotopic (exact) mass is 541 g/mol. The van der Waals surface area contributed by atoms with Crippen LogP contribution in [0.25, 0.3) is 0 Å². The molecule has 0 aliphatic heterocycles. The van der Waals surface area contributed by atoms with Crippen LogP contribution in [0.5, 0.6) is 0 Å². The molecule has 9 heteroatoms. The number of nitrogens with zero attached hydrogens (tertiary/aromatic N) is 2. The minimum absolute atomic E-state index is 0.00683. The molecule has 0 radical (unpaired) electrons. The number of nitrogens with one attached hydrogen (secondary N) is 1. The molecule has 3 aromatic carbocycles. The Bertz CT molecular complexity index is 1300. The van der Waals surface area contributed by atoms with E-state index in [4.69, 9.17) is 11.6 Å². The molecule has 0 aliphatic rings. The zero-order valence-electron chi connectivity index (χ0n) is 21.2. The summed E-state index contributed by atoms with van der Waals surface area (Å²) < 4.78 is 28.4. The third-order valence-electron chi connectivity index (χ3n) is 5.91. The summed E-state index contributed by atoms with van der Waals surface area (Å²) in [5, 5.41) is 3.23. The number of aryl methyl sites for hydroxylation is 1. The summed E-state index contributed by atoms with van der Waals surface area (Å²) in [6, 6.07) is 21.1. The smallest absolute Gasteiger partial charge is 0.264 e. The van der Waals surface area contributed by atoms with E-state index in [2.05, 4.69) is 5.32 Å². The number of halogens is 1. The van der Waals surface area contributed by atoms with Crippen molar-refractivity contribution < 1.29 is 18.0 Å². The molecule has 0 saturated heterocycles. The minimum atomic E-state index is -4.11. The molecule has 3 aromatic rings. The number of carbonyl (C=O) groups is 2. The van der Waals surface area contributed by atoms with Gasteiger partial charge in [-0.05, 0) is 62.2 Å². The topological polar surface area (TPSA) is 86.8 Å². The highest BCUT2D eigenvalue weighted by Crippen LogP contribution is 2.25. The molecule has 1 N–H and O–H groups in total. The second-order valence-corrected chi connectivity index (χ2v) is 11.1. The highest BCUT2D eigenvalue weighted by molar-refractivity contribution is 7.92. The standard InChI is InChI=1S/C28H32ClN3O4S/c1-4-18-30-28(34)22(3)31(19-23-12-10-21(2)11-13-23)27(33)20-32(25-8-6-5-7-9-25)37(35,36)26-16-14-24(29)15-17-26/h5-17,22H,4,18-20H2,1-3H3,(H,30,34). The van der Waals surface area contributed by atoms with Crippen molar-refractivity contribution in [3.8, 4) is 0 Å². The molecule has 37 heavy (non-hydrogen) atoms. The van der Waals surface area contributed by atoms with Crippen LogP contribution in [0.4, 0.5) is 5.69 Å². The van der Waals surface area contributed by atoms with Crippen molar-refractivity contribution in [2.24, 2.45) is 0 Å². The lowest BCUT2D eigenvalue weighted by Crippen LogP contribution is -2.51. The van der Waals surface area contributed by atoms with Crippen LogP contribution in [0.2, 0.25) is 5.02 Å². The summed E-state index contributed by atoms with van der Waals surface area (Å²) in [5.41, 5.74) is 2.24. The van der Waals surface area contributed by atoms with E-state index >= 15 is 0 Å². The van der Waals surface area contributed by atoms with Crippen molar-refractivity contribution in [2.45, 2.75) is 44.7 Å². The normalized spacial score (nSPS) is 12.0. The van der Waals surface area contributed by atoms with Crippen LogP contribution >= 0.6 is 11.6 Å². The molecule has 196 valence electrons. The van der Waals surface area contributed by atoms with Gasteiger partial charge in [-0.25, -0.2) is 8.42 Å². The van der Waals surface area contributed by atoms with Gasteiger partial charge in [-0.3, -0.25) is 13.9 Å². The summed E-state index contributed by atoms with van der Waals surface area (Å²) in [5.74, 6) is -0.796. The Morgan fingerprint density at radius 2 is 1.57 bits per heavy atom. The average molecular weight is 542 g/mol. The lowest BCUT2D eigenvalue weighted by molar-refractivity contribution is -0.139. The summed E-state index contributed by atoms with van der Waals surface area (Å²) >= 11 is 5.96. The first-order valence-corrected chi connectivity index (χ1v) is 13.9. The lowest BCUT2D eigenvalue weighted by Gasteiger charge is -2.32. The fourth-order valence-electron chi connectivity index (χ4n) is 3.73. The first-order chi connectivity index (χ1) is 17.6. The molecule has 0 bridgehead atoms. The predicted molar refractivity (Wildman–Crippen MR) is 147 cm³/mol. The number of carbonyl (C=O) groups excluding carboxylic acids is 2. The van der Waals surface area contributed by atoms with Gasteiger partial charge in [-0.2, -0.15) is 0 Å². The van der Waals surface area contributed by atoms with Gasteiger partial charge >= 0.3 is 0 Å². The Morgan fingerprint density at radius 3 is 2.16 bits per heavy atom. The predicted octanol–water partition coefficient (Wildman–Crippen LogP) is 4.79. The largest absolute Gasteiger partial charge is 0.354 e. The fourth-order valence-corrected chi connectivity index (χ4v) is 5.27. The maximum atomic E-state index is 13.8. The van der Waals surface area contributed by atoms with Crippen LogP contribution in [0.1, 0.15) is 31.4 Å². The van der Waals surface area contributed by atoms with Gasteiger partial charge in [-0.15, -0.1) is 0 Å². The first-order valence-electron chi connectivity index (χ1n) is 12.1. The van der Waals surface area contributed by atoms with Gasteiger partial charge in [0, 0.05) is 18.1 Å². The van der Waals surface area contributed by atoms with Crippen LogP contribution in [0.15, 0.2) is 83.8 Å². The maximum Gasteiger partial charge on any atom is 0.264 e. The number of rotatable bonds is 11. The number of amides is 2. The van der Waals surface area contributed by atoms with Gasteiger partial charge in [0.15, 0.2) is 0 Å². The SMILES string of the molecule is CCCNC(=O)C(C)N(Cc1ccc(C)cc1)C(=O)CN(c1ccccc1)S(=O)(=O)c1ccc(Cl)cc1. The van der Waals surface area contributed by atoms with E-state index < -0.39 is 28.5 Å².